The van der Waals surface area contributed by atoms with Gasteiger partial charge in [0, 0.05) is 33.4 Å². The Kier molecular flexibility index (Phi) is 15.6. The normalized spacial score (nSPS) is 11.7. The van der Waals surface area contributed by atoms with E-state index in [0.717, 1.165) is 33.4 Å². The Hall–Kier alpha value is -12.3. The summed E-state index contributed by atoms with van der Waals surface area (Å²) in [6.45, 7) is 0. The van der Waals surface area contributed by atoms with Gasteiger partial charge in [-0.1, -0.05) is 133 Å². The standard InChI is InChI=1S/C82H54O9/c83-78(55-29-41-66(42-30-55)86-63-19-7-2-8-20-63)58-35-47-69(48-36-58)89-76-53-62(82(61-17-5-1-6-18-61)74-27-15-13-25-72(74)73-26-14-16-28-75(73)82)54-77(90-70-49-37-59(38-50-70)79(84)56-31-43-67(44-32-56)87-64-21-9-3-10-22-64)81(76)91-71-51-39-60(40-52-71)80(85)57-33-45-68(46-34-57)88-65-23-11-4-12-24-65/h1-54H. The summed E-state index contributed by atoms with van der Waals surface area (Å²) in [5, 5.41) is 0. The molecule has 9 nitrogen and oxygen atoms in total. The van der Waals surface area contributed by atoms with E-state index >= 15 is 0 Å². The fraction of sp³-hybridized carbons (Fsp3) is 0.0122. The topological polar surface area (TPSA) is 107 Å². The summed E-state index contributed by atoms with van der Waals surface area (Å²) in [4.78, 5) is 42.2. The molecule has 0 atom stereocenters. The van der Waals surface area contributed by atoms with Crippen LogP contribution >= 0.6 is 0 Å². The van der Waals surface area contributed by atoms with Crippen LogP contribution in [0.25, 0.3) is 11.1 Å². The first-order valence-corrected chi connectivity index (χ1v) is 29.7. The number of carbonyl (C=O) groups excluding carboxylic acids is 3. The molecule has 0 saturated heterocycles. The summed E-state index contributed by atoms with van der Waals surface area (Å²) in [5.41, 5.74) is 7.93. The lowest BCUT2D eigenvalue weighted by Crippen LogP contribution is -2.28. The Balaban J connectivity index is 0.853. The van der Waals surface area contributed by atoms with Gasteiger partial charge in [0.25, 0.3) is 0 Å². The zero-order chi connectivity index (χ0) is 61.5. The van der Waals surface area contributed by atoms with Crippen molar-refractivity contribution in [3.05, 3.63) is 383 Å². The van der Waals surface area contributed by atoms with Crippen LogP contribution < -0.4 is 28.4 Å². The van der Waals surface area contributed by atoms with E-state index in [1.165, 1.54) is 0 Å². The molecule has 0 aromatic heterocycles. The number of hydrogen-bond acceptors (Lipinski definition) is 9. The van der Waals surface area contributed by atoms with Gasteiger partial charge in [-0.15, -0.1) is 0 Å². The summed E-state index contributed by atoms with van der Waals surface area (Å²) in [7, 11) is 0. The maximum Gasteiger partial charge on any atom is 0.212 e. The average molecular weight is 1180 g/mol. The maximum atomic E-state index is 14.1. The highest BCUT2D eigenvalue weighted by Gasteiger charge is 2.47. The SMILES string of the molecule is O=C(c1ccc(Oc2ccccc2)cc1)c1ccc(Oc2cc(C3(c4ccccc4)c4ccccc4-c4ccccc43)cc(Oc3ccc(C(=O)c4ccc(Oc5ccccc5)cc4)cc3)c2Oc2ccc(C(=O)c3ccc(Oc4ccccc4)cc3)cc2)cc1. The molecule has 436 valence electrons. The first-order valence-electron chi connectivity index (χ1n) is 29.7. The predicted octanol–water partition coefficient (Wildman–Crippen LogP) is 20.5. The molecule has 0 bridgehead atoms. The second-order valence-electron chi connectivity index (χ2n) is 21.7. The molecule has 14 rings (SSSR count). The van der Waals surface area contributed by atoms with E-state index < -0.39 is 5.41 Å². The highest BCUT2D eigenvalue weighted by atomic mass is 16.5. The summed E-state index contributed by atoms with van der Waals surface area (Å²) >= 11 is 0. The Morgan fingerprint density at radius 1 is 0.220 bits per heavy atom. The fourth-order valence-electron chi connectivity index (χ4n) is 11.5. The highest BCUT2D eigenvalue weighted by molar-refractivity contribution is 6.10. The third-order valence-electron chi connectivity index (χ3n) is 15.9. The summed E-state index contributed by atoms with van der Waals surface area (Å²) in [5.74, 6) is 5.28. The molecule has 0 N–H and O–H groups in total. The van der Waals surface area contributed by atoms with Gasteiger partial charge in [-0.05, 0) is 228 Å². The second kappa shape index (κ2) is 25.2. The van der Waals surface area contributed by atoms with Gasteiger partial charge in [-0.3, -0.25) is 14.4 Å². The van der Waals surface area contributed by atoms with Crippen molar-refractivity contribution in [2.75, 3.05) is 0 Å². The van der Waals surface area contributed by atoms with Crippen LogP contribution in [0.3, 0.4) is 0 Å². The minimum Gasteiger partial charge on any atom is -0.457 e. The van der Waals surface area contributed by atoms with Crippen molar-refractivity contribution in [1.82, 2.24) is 0 Å². The van der Waals surface area contributed by atoms with E-state index in [0.29, 0.717) is 85.1 Å². The molecule has 1 aliphatic carbocycles. The molecule has 0 amide bonds. The highest BCUT2D eigenvalue weighted by Crippen LogP contribution is 2.59. The molecule has 91 heavy (non-hydrogen) atoms. The van der Waals surface area contributed by atoms with Crippen LogP contribution in [-0.2, 0) is 5.41 Å². The third kappa shape index (κ3) is 11.9. The van der Waals surface area contributed by atoms with E-state index in [4.69, 9.17) is 28.4 Å². The first kappa shape index (κ1) is 56.5. The van der Waals surface area contributed by atoms with Gasteiger partial charge in [0.05, 0.1) is 5.41 Å². The zero-order valence-electron chi connectivity index (χ0n) is 48.9. The van der Waals surface area contributed by atoms with Crippen LogP contribution in [0.2, 0.25) is 0 Å². The van der Waals surface area contributed by atoms with E-state index in [9.17, 15) is 14.4 Å². The molecule has 13 aromatic rings. The number of ketones is 3. The quantitative estimate of drug-likeness (QED) is 0.0690. The number of para-hydroxylation sites is 3. The largest absolute Gasteiger partial charge is 0.457 e. The van der Waals surface area contributed by atoms with Crippen molar-refractivity contribution < 1.29 is 42.8 Å². The molecule has 0 spiro atoms. The molecular weight excluding hydrogens is 1130 g/mol. The van der Waals surface area contributed by atoms with Gasteiger partial charge in [0.15, 0.2) is 28.8 Å². The van der Waals surface area contributed by atoms with E-state index in [2.05, 4.69) is 60.7 Å². The molecule has 0 heterocycles. The number of rotatable bonds is 20. The van der Waals surface area contributed by atoms with Gasteiger partial charge < -0.3 is 28.4 Å². The number of hydrogen-bond donors (Lipinski definition) is 0. The zero-order valence-corrected chi connectivity index (χ0v) is 48.9. The van der Waals surface area contributed by atoms with Gasteiger partial charge >= 0.3 is 0 Å². The number of ether oxygens (including phenoxy) is 6. The second-order valence-corrected chi connectivity index (χ2v) is 21.7. The lowest BCUT2D eigenvalue weighted by molar-refractivity contribution is 0.103. The number of carbonyl (C=O) groups is 3. The van der Waals surface area contributed by atoms with Gasteiger partial charge in [0.1, 0.15) is 51.7 Å². The van der Waals surface area contributed by atoms with Crippen LogP contribution in [0.5, 0.6) is 69.0 Å². The van der Waals surface area contributed by atoms with Crippen molar-refractivity contribution in [3.8, 4) is 80.1 Å². The van der Waals surface area contributed by atoms with Gasteiger partial charge in [-0.2, -0.15) is 0 Å². The molecule has 9 heteroatoms. The lowest BCUT2D eigenvalue weighted by Gasteiger charge is -2.34. The van der Waals surface area contributed by atoms with Crippen molar-refractivity contribution in [2.45, 2.75) is 5.41 Å². The molecule has 0 radical (unpaired) electrons. The van der Waals surface area contributed by atoms with E-state index in [1.807, 2.05) is 121 Å². The maximum absolute atomic E-state index is 14.1. The Morgan fingerprint density at radius 3 is 0.769 bits per heavy atom. The molecule has 0 saturated carbocycles. The fourth-order valence-corrected chi connectivity index (χ4v) is 11.5. The van der Waals surface area contributed by atoms with Crippen LogP contribution in [-0.4, -0.2) is 17.3 Å². The average Bonchev–Trinajstić information content (AvgIpc) is 1.58. The molecular formula is C82H54O9. The Bertz CT molecular complexity index is 4520. The smallest absolute Gasteiger partial charge is 0.212 e. The van der Waals surface area contributed by atoms with Crippen LogP contribution in [0.1, 0.15) is 70.0 Å². The van der Waals surface area contributed by atoms with Gasteiger partial charge in [-0.25, -0.2) is 0 Å². The summed E-state index contributed by atoms with van der Waals surface area (Å²) < 4.78 is 39.2. The number of fused-ring (bicyclic) bond motifs is 3. The van der Waals surface area contributed by atoms with Crippen LogP contribution in [0, 0.1) is 0 Å². The number of benzene rings is 13. The van der Waals surface area contributed by atoms with E-state index in [-0.39, 0.29) is 34.6 Å². The minimum absolute atomic E-state index is 0.182. The molecule has 0 unspecified atom stereocenters. The minimum atomic E-state index is -0.924. The van der Waals surface area contributed by atoms with Crippen LogP contribution in [0.4, 0.5) is 0 Å². The Morgan fingerprint density at radius 2 is 0.462 bits per heavy atom. The molecule has 0 fully saturated rings. The monoisotopic (exact) mass is 1180 g/mol. The molecule has 0 aliphatic heterocycles. The van der Waals surface area contributed by atoms with E-state index in [1.54, 1.807) is 146 Å². The third-order valence-corrected chi connectivity index (χ3v) is 15.9. The molecule has 1 aliphatic rings. The predicted molar refractivity (Wildman–Crippen MR) is 352 cm³/mol. The van der Waals surface area contributed by atoms with Crippen LogP contribution in [0.15, 0.2) is 328 Å². The Labute approximate surface area is 526 Å². The summed E-state index contributed by atoms with van der Waals surface area (Å²) in [6, 6.07) is 102. The van der Waals surface area contributed by atoms with Gasteiger partial charge in [0.2, 0.25) is 5.75 Å². The summed E-state index contributed by atoms with van der Waals surface area (Å²) in [6.07, 6.45) is 0. The first-order chi connectivity index (χ1) is 44.8. The van der Waals surface area contributed by atoms with Crippen molar-refractivity contribution in [1.29, 1.82) is 0 Å². The lowest BCUT2D eigenvalue weighted by atomic mass is 9.67. The molecule has 13 aromatic carbocycles. The van der Waals surface area contributed by atoms with Crippen molar-refractivity contribution in [3.63, 3.8) is 0 Å². The van der Waals surface area contributed by atoms with Crippen molar-refractivity contribution in [2.24, 2.45) is 0 Å². The van der Waals surface area contributed by atoms with Crippen molar-refractivity contribution >= 4 is 17.3 Å².